The first-order chi connectivity index (χ1) is 17.3. The van der Waals surface area contributed by atoms with E-state index in [4.69, 9.17) is 9.73 Å². The van der Waals surface area contributed by atoms with Gasteiger partial charge in [0, 0.05) is 36.3 Å². The first-order valence-electron chi connectivity index (χ1n) is 11.7. The molecule has 1 saturated heterocycles. The zero-order valence-corrected chi connectivity index (χ0v) is 22.5. The number of hydrogen-bond donors (Lipinski definition) is 1. The van der Waals surface area contributed by atoms with Crippen molar-refractivity contribution in [1.82, 2.24) is 9.88 Å². The number of thioether (sulfide) groups is 1. The number of aliphatic imine (C=N–C) groups is 1. The maximum atomic E-state index is 13.2. The zero-order chi connectivity index (χ0) is 25.4. The third-order valence-corrected chi connectivity index (χ3v) is 10.5. The molecule has 3 atom stereocenters. The number of para-hydroxylation sites is 1. The van der Waals surface area contributed by atoms with E-state index in [0.29, 0.717) is 37.3 Å². The van der Waals surface area contributed by atoms with Crippen LogP contribution in [-0.2, 0) is 19.6 Å². The Labute approximate surface area is 219 Å². The quantitative estimate of drug-likeness (QED) is 0.474. The molecule has 36 heavy (non-hydrogen) atoms. The van der Waals surface area contributed by atoms with Crippen LogP contribution in [-0.4, -0.2) is 66.3 Å². The van der Waals surface area contributed by atoms with E-state index in [0.717, 1.165) is 16.1 Å². The van der Waals surface area contributed by atoms with Crippen LogP contribution >= 0.6 is 23.1 Å². The minimum absolute atomic E-state index is 0.0417. The van der Waals surface area contributed by atoms with E-state index in [-0.39, 0.29) is 27.6 Å². The predicted molar refractivity (Wildman–Crippen MR) is 146 cm³/mol. The Bertz CT molecular complexity index is 1400. The maximum absolute atomic E-state index is 13.2. The smallest absolute Gasteiger partial charge is 0.277 e. The Morgan fingerprint density at radius 1 is 1.28 bits per heavy atom. The number of H-pyrrole nitrogens is 1. The first-order valence-corrected chi connectivity index (χ1v) is 14.9. The number of benzene rings is 1. The van der Waals surface area contributed by atoms with E-state index in [9.17, 15) is 13.2 Å². The molecule has 1 unspecified atom stereocenters. The summed E-state index contributed by atoms with van der Waals surface area (Å²) in [6.07, 6.45) is 1.83. The molecule has 2 aliphatic heterocycles. The van der Waals surface area contributed by atoms with Gasteiger partial charge in [0.05, 0.1) is 35.7 Å². The van der Waals surface area contributed by atoms with Crippen molar-refractivity contribution in [3.05, 3.63) is 60.3 Å². The van der Waals surface area contributed by atoms with Crippen molar-refractivity contribution < 1.29 is 17.9 Å². The van der Waals surface area contributed by atoms with E-state index in [1.807, 2.05) is 36.9 Å². The van der Waals surface area contributed by atoms with Crippen LogP contribution in [0.25, 0.3) is 10.9 Å². The minimum atomic E-state index is -3.78. The van der Waals surface area contributed by atoms with Gasteiger partial charge in [-0.2, -0.15) is 8.42 Å². The second-order valence-corrected chi connectivity index (χ2v) is 13.3. The minimum Gasteiger partial charge on any atom is -0.372 e. The standard InChI is InChI=1S/C25H28N4O4S3/c1-4-29(36(31,32)23-9-6-10-34-23)21-8-5-7-18-11-20(27-24(18)21)25-26-13-19(35-25)12-22(30)28-14-16(2)33-17(3)15-28/h4-11,16-17,19,27H,1,12-15H2,2-3H3/t16-,17+,19?. The molecule has 1 amide bonds. The lowest BCUT2D eigenvalue weighted by atomic mass is 10.2. The molecule has 2 aliphatic rings. The van der Waals surface area contributed by atoms with Gasteiger partial charge in [0.2, 0.25) is 5.91 Å². The van der Waals surface area contributed by atoms with Crippen LogP contribution in [0.2, 0.25) is 0 Å². The third kappa shape index (κ3) is 4.84. The van der Waals surface area contributed by atoms with Crippen LogP contribution in [0.4, 0.5) is 5.69 Å². The number of ether oxygens (including phenoxy) is 1. The molecule has 0 radical (unpaired) electrons. The van der Waals surface area contributed by atoms with Crippen molar-refractivity contribution in [2.24, 2.45) is 4.99 Å². The molecule has 190 valence electrons. The lowest BCUT2D eigenvalue weighted by Gasteiger charge is -2.35. The van der Waals surface area contributed by atoms with E-state index >= 15 is 0 Å². The number of nitrogens with one attached hydrogen (secondary N) is 1. The molecule has 8 nitrogen and oxygen atoms in total. The Kier molecular flexibility index (Phi) is 6.99. The van der Waals surface area contributed by atoms with Crippen molar-refractivity contribution in [2.45, 2.75) is 41.9 Å². The molecule has 11 heteroatoms. The van der Waals surface area contributed by atoms with Gasteiger partial charge in [-0.05, 0) is 37.4 Å². The maximum Gasteiger partial charge on any atom is 0.277 e. The molecule has 1 N–H and O–H groups in total. The number of rotatable bonds is 7. The Morgan fingerprint density at radius 2 is 2.06 bits per heavy atom. The number of fused-ring (bicyclic) bond motifs is 1. The van der Waals surface area contributed by atoms with Gasteiger partial charge >= 0.3 is 0 Å². The molecule has 2 aromatic heterocycles. The number of carbonyl (C=O) groups excluding carboxylic acids is 1. The predicted octanol–water partition coefficient (Wildman–Crippen LogP) is 4.46. The summed E-state index contributed by atoms with van der Waals surface area (Å²) in [5.41, 5.74) is 1.99. The summed E-state index contributed by atoms with van der Waals surface area (Å²) >= 11 is 2.75. The molecule has 0 bridgehead atoms. The van der Waals surface area contributed by atoms with Crippen LogP contribution < -0.4 is 4.31 Å². The number of carbonyl (C=O) groups is 1. The van der Waals surface area contributed by atoms with Crippen molar-refractivity contribution in [3.63, 3.8) is 0 Å². The highest BCUT2D eigenvalue weighted by Gasteiger charge is 2.31. The molecular formula is C25H28N4O4S3. The van der Waals surface area contributed by atoms with Gasteiger partial charge in [0.25, 0.3) is 10.0 Å². The van der Waals surface area contributed by atoms with Gasteiger partial charge in [-0.15, -0.1) is 11.3 Å². The molecule has 0 saturated carbocycles. The number of morpholine rings is 1. The van der Waals surface area contributed by atoms with E-state index in [2.05, 4.69) is 11.6 Å². The fraction of sp³-hybridized carbons (Fsp3) is 0.360. The van der Waals surface area contributed by atoms with Crippen LogP contribution in [0.3, 0.4) is 0 Å². The Morgan fingerprint density at radius 3 is 2.75 bits per heavy atom. The summed E-state index contributed by atoms with van der Waals surface area (Å²) in [6.45, 7) is 9.54. The Balaban J connectivity index is 1.34. The van der Waals surface area contributed by atoms with Gasteiger partial charge in [-0.1, -0.05) is 36.5 Å². The summed E-state index contributed by atoms with van der Waals surface area (Å²) < 4.78 is 33.7. The SMILES string of the molecule is C=CN(c1cccc2cc(C3=NCC(CC(=O)N4C[C@@H](C)O[C@@H](C)C4)S3)[nH]c12)S(=O)(=O)c1cccs1. The second kappa shape index (κ2) is 10.0. The number of hydrogen-bond acceptors (Lipinski definition) is 7. The van der Waals surface area contributed by atoms with Gasteiger partial charge in [-0.25, -0.2) is 4.31 Å². The van der Waals surface area contributed by atoms with Crippen LogP contribution in [0.1, 0.15) is 26.0 Å². The average molecular weight is 545 g/mol. The lowest BCUT2D eigenvalue weighted by molar-refractivity contribution is -0.143. The highest BCUT2D eigenvalue weighted by molar-refractivity contribution is 8.15. The number of nitrogens with zero attached hydrogens (tertiary/aromatic N) is 3. The number of anilines is 1. The van der Waals surface area contributed by atoms with E-state index in [1.54, 1.807) is 35.3 Å². The van der Waals surface area contributed by atoms with Crippen LogP contribution in [0.5, 0.6) is 0 Å². The molecule has 0 aliphatic carbocycles. The molecular weight excluding hydrogens is 517 g/mol. The third-order valence-electron chi connectivity index (χ3n) is 6.17. The van der Waals surface area contributed by atoms with Crippen molar-refractivity contribution in [2.75, 3.05) is 23.9 Å². The van der Waals surface area contributed by atoms with Gasteiger partial charge in [0.1, 0.15) is 9.25 Å². The zero-order valence-electron chi connectivity index (χ0n) is 20.1. The molecule has 4 heterocycles. The summed E-state index contributed by atoms with van der Waals surface area (Å²) in [6, 6.07) is 10.8. The fourth-order valence-corrected chi connectivity index (χ4v) is 8.12. The second-order valence-electron chi connectivity index (χ2n) is 8.99. The largest absolute Gasteiger partial charge is 0.372 e. The lowest BCUT2D eigenvalue weighted by Crippen LogP contribution is -2.48. The number of amides is 1. The van der Waals surface area contributed by atoms with E-state index < -0.39 is 10.0 Å². The van der Waals surface area contributed by atoms with Gasteiger partial charge in [0.15, 0.2) is 0 Å². The normalized spacial score (nSPS) is 22.6. The Hall–Kier alpha value is -2.60. The van der Waals surface area contributed by atoms with Crippen molar-refractivity contribution in [3.8, 4) is 0 Å². The molecule has 1 fully saturated rings. The monoisotopic (exact) mass is 544 g/mol. The van der Waals surface area contributed by atoms with Gasteiger partial charge < -0.3 is 14.6 Å². The number of thiophene rings is 1. The van der Waals surface area contributed by atoms with Gasteiger partial charge in [-0.3, -0.25) is 9.79 Å². The average Bonchev–Trinajstić information content (AvgIpc) is 3.59. The van der Waals surface area contributed by atoms with Crippen LogP contribution in [0.15, 0.2) is 63.8 Å². The summed E-state index contributed by atoms with van der Waals surface area (Å²) in [4.78, 5) is 22.9. The molecule has 3 aromatic rings. The molecule has 0 spiro atoms. The summed E-state index contributed by atoms with van der Waals surface area (Å²) in [5.74, 6) is 0.130. The van der Waals surface area contributed by atoms with E-state index in [1.165, 1.54) is 21.8 Å². The number of sulfonamides is 1. The number of aromatic amines is 1. The first kappa shape index (κ1) is 25.1. The topological polar surface area (TPSA) is 95.1 Å². The summed E-state index contributed by atoms with van der Waals surface area (Å²) in [7, 11) is -3.78. The molecule has 1 aromatic carbocycles. The summed E-state index contributed by atoms with van der Waals surface area (Å²) in [5, 5.41) is 3.49. The fourth-order valence-electron chi connectivity index (χ4n) is 4.65. The van der Waals surface area contributed by atoms with Crippen LogP contribution in [0, 0.1) is 0 Å². The highest BCUT2D eigenvalue weighted by atomic mass is 32.2. The van der Waals surface area contributed by atoms with Crippen molar-refractivity contribution >= 4 is 60.7 Å². The van der Waals surface area contributed by atoms with Crippen molar-refractivity contribution in [1.29, 1.82) is 0 Å². The molecule has 5 rings (SSSR count). The highest BCUT2D eigenvalue weighted by Crippen LogP contribution is 2.35. The number of aromatic nitrogens is 1.